The molecule has 0 radical (unpaired) electrons. The molecule has 1 aliphatic carbocycles. The minimum Gasteiger partial charge on any atom is -0.497 e. The number of aromatic amines is 1. The lowest BCUT2D eigenvalue weighted by Crippen LogP contribution is -2.54. The number of fused-ring (bicyclic) bond motifs is 4. The van der Waals surface area contributed by atoms with Crippen molar-refractivity contribution >= 4 is 16.8 Å². The Morgan fingerprint density at radius 1 is 1.23 bits per heavy atom. The van der Waals surface area contributed by atoms with E-state index in [2.05, 4.69) is 25.8 Å². The van der Waals surface area contributed by atoms with Gasteiger partial charge in [0.25, 0.3) is 0 Å². The van der Waals surface area contributed by atoms with Gasteiger partial charge in [0.05, 0.1) is 25.5 Å². The molecule has 1 spiro atoms. The van der Waals surface area contributed by atoms with E-state index in [9.17, 15) is 9.90 Å². The lowest BCUT2D eigenvalue weighted by Gasteiger charge is -2.50. The monoisotopic (exact) mass is 474 g/mol. The number of likely N-dealkylation sites (tertiary alicyclic amines) is 1. The Hall–Kier alpha value is -2.90. The van der Waals surface area contributed by atoms with Crippen molar-refractivity contribution < 1.29 is 14.6 Å². The summed E-state index contributed by atoms with van der Waals surface area (Å²) in [4.78, 5) is 25.5. The highest BCUT2D eigenvalue weighted by Crippen LogP contribution is 2.49. The lowest BCUT2D eigenvalue weighted by atomic mass is 9.68. The van der Waals surface area contributed by atoms with Gasteiger partial charge >= 0.3 is 0 Å². The number of benzene rings is 1. The van der Waals surface area contributed by atoms with E-state index in [4.69, 9.17) is 4.74 Å². The van der Waals surface area contributed by atoms with Crippen molar-refractivity contribution in [1.29, 1.82) is 0 Å². The molecule has 0 unspecified atom stereocenters. The van der Waals surface area contributed by atoms with Crippen LogP contribution in [0.2, 0.25) is 0 Å². The Morgan fingerprint density at radius 3 is 2.74 bits per heavy atom. The van der Waals surface area contributed by atoms with Crippen LogP contribution in [-0.4, -0.2) is 64.1 Å². The number of pyridine rings is 1. The number of rotatable bonds is 6. The predicted octanol–water partition coefficient (Wildman–Crippen LogP) is 3.78. The van der Waals surface area contributed by atoms with Crippen LogP contribution in [0.25, 0.3) is 10.9 Å². The highest BCUT2D eigenvalue weighted by molar-refractivity contribution is 5.88. The van der Waals surface area contributed by atoms with Gasteiger partial charge in [0, 0.05) is 66.9 Å². The van der Waals surface area contributed by atoms with Gasteiger partial charge in [0.2, 0.25) is 5.91 Å². The average Bonchev–Trinajstić information content (AvgIpc) is 3.61. The van der Waals surface area contributed by atoms with Gasteiger partial charge in [-0.25, -0.2) is 0 Å². The molecule has 2 N–H and O–H groups in total. The summed E-state index contributed by atoms with van der Waals surface area (Å²) in [5.41, 5.74) is 4.37. The van der Waals surface area contributed by atoms with Gasteiger partial charge < -0.3 is 19.7 Å². The van der Waals surface area contributed by atoms with E-state index in [1.807, 2.05) is 36.5 Å². The van der Waals surface area contributed by atoms with Crippen molar-refractivity contribution in [2.45, 2.75) is 50.1 Å². The third kappa shape index (κ3) is 4.10. The Morgan fingerprint density at radius 2 is 2.06 bits per heavy atom. The van der Waals surface area contributed by atoms with Gasteiger partial charge in [-0.15, -0.1) is 0 Å². The van der Waals surface area contributed by atoms with Crippen LogP contribution in [0.15, 0.2) is 42.6 Å². The molecular formula is C28H34N4O3. The zero-order chi connectivity index (χ0) is 24.0. The number of carbonyl (C=O) groups is 1. The summed E-state index contributed by atoms with van der Waals surface area (Å²) in [6.45, 7) is 3.12. The number of amides is 1. The van der Waals surface area contributed by atoms with Crippen LogP contribution in [0.5, 0.6) is 5.75 Å². The molecule has 4 heterocycles. The second-order valence-electron chi connectivity index (χ2n) is 10.6. The number of carbonyl (C=O) groups excluding carboxylic acids is 1. The molecule has 2 aliphatic heterocycles. The molecule has 1 saturated heterocycles. The van der Waals surface area contributed by atoms with Gasteiger partial charge in [-0.1, -0.05) is 6.07 Å². The van der Waals surface area contributed by atoms with Crippen LogP contribution in [0.4, 0.5) is 0 Å². The molecule has 184 valence electrons. The van der Waals surface area contributed by atoms with Gasteiger partial charge in [-0.3, -0.25) is 14.7 Å². The molecule has 6 rings (SSSR count). The summed E-state index contributed by atoms with van der Waals surface area (Å²) in [5.74, 6) is 1.75. The molecule has 1 amide bonds. The molecule has 2 aromatic heterocycles. The van der Waals surface area contributed by atoms with Gasteiger partial charge in [0.15, 0.2) is 0 Å². The Kier molecular flexibility index (Phi) is 5.77. The van der Waals surface area contributed by atoms with Crippen LogP contribution in [0.1, 0.15) is 55.1 Å². The number of methoxy groups -OCH3 is 1. The van der Waals surface area contributed by atoms with E-state index in [1.54, 1.807) is 7.11 Å². The van der Waals surface area contributed by atoms with Crippen molar-refractivity contribution in [1.82, 2.24) is 19.8 Å². The van der Waals surface area contributed by atoms with Crippen molar-refractivity contribution in [3.63, 3.8) is 0 Å². The number of nitrogens with zero attached hydrogens (tertiary/aromatic N) is 3. The highest BCUT2D eigenvalue weighted by atomic mass is 16.5. The van der Waals surface area contributed by atoms with Crippen LogP contribution < -0.4 is 4.74 Å². The average molecular weight is 475 g/mol. The van der Waals surface area contributed by atoms with Gasteiger partial charge in [0.1, 0.15) is 5.75 Å². The molecule has 1 saturated carbocycles. The molecule has 2 fully saturated rings. The highest BCUT2D eigenvalue weighted by Gasteiger charge is 2.48. The summed E-state index contributed by atoms with van der Waals surface area (Å²) >= 11 is 0. The molecule has 35 heavy (non-hydrogen) atoms. The summed E-state index contributed by atoms with van der Waals surface area (Å²) in [5, 5.41) is 11.7. The first-order valence-corrected chi connectivity index (χ1v) is 12.8. The molecule has 7 nitrogen and oxygen atoms in total. The van der Waals surface area contributed by atoms with Crippen LogP contribution in [-0.2, 0) is 16.8 Å². The molecular weight excluding hydrogens is 440 g/mol. The van der Waals surface area contributed by atoms with E-state index in [0.29, 0.717) is 24.8 Å². The Balaban J connectivity index is 1.38. The van der Waals surface area contributed by atoms with Crippen molar-refractivity contribution in [3.05, 3.63) is 59.5 Å². The number of hydrogen-bond donors (Lipinski definition) is 2. The minimum atomic E-state index is -0.134. The number of nitrogens with one attached hydrogen (secondary N) is 1. The predicted molar refractivity (Wildman–Crippen MR) is 134 cm³/mol. The smallest absolute Gasteiger partial charge is 0.222 e. The van der Waals surface area contributed by atoms with Crippen molar-refractivity contribution in [3.8, 4) is 5.75 Å². The van der Waals surface area contributed by atoms with Crippen LogP contribution in [0.3, 0.4) is 0 Å². The first-order chi connectivity index (χ1) is 17.1. The molecule has 3 aromatic rings. The number of ether oxygens (including phenoxy) is 1. The topological polar surface area (TPSA) is 81.7 Å². The first kappa shape index (κ1) is 22.6. The summed E-state index contributed by atoms with van der Waals surface area (Å²) in [6.07, 6.45) is 6.79. The van der Waals surface area contributed by atoms with E-state index in [0.717, 1.165) is 55.1 Å². The normalized spacial score (nSPS) is 21.9. The lowest BCUT2D eigenvalue weighted by molar-refractivity contribution is -0.133. The number of aliphatic hydroxyl groups is 1. The molecule has 3 aliphatic rings. The molecule has 0 bridgehead atoms. The zero-order valence-electron chi connectivity index (χ0n) is 20.4. The van der Waals surface area contributed by atoms with Crippen molar-refractivity contribution in [2.75, 3.05) is 33.4 Å². The maximum atomic E-state index is 12.9. The number of aromatic nitrogens is 2. The first-order valence-electron chi connectivity index (χ1n) is 12.8. The number of piperidine rings is 1. The second kappa shape index (κ2) is 8.95. The zero-order valence-corrected chi connectivity index (χ0v) is 20.4. The number of hydrogen-bond acceptors (Lipinski definition) is 5. The fourth-order valence-corrected chi connectivity index (χ4v) is 6.27. The SMILES string of the molecule is COc1ccc2c3c([nH]c2c1)[C@H](CO)N(Cc1ccccn1)CC31CCN(C(=O)CC2CC2)CC1. The second-order valence-corrected chi connectivity index (χ2v) is 10.6. The van der Waals surface area contributed by atoms with Crippen molar-refractivity contribution in [2.24, 2.45) is 5.92 Å². The Labute approximate surface area is 206 Å². The fraction of sp³-hybridized carbons (Fsp3) is 0.500. The Bertz CT molecular complexity index is 1210. The summed E-state index contributed by atoms with van der Waals surface area (Å²) in [7, 11) is 1.69. The largest absolute Gasteiger partial charge is 0.497 e. The van der Waals surface area contributed by atoms with Crippen LogP contribution in [0, 0.1) is 5.92 Å². The van der Waals surface area contributed by atoms with E-state index < -0.39 is 0 Å². The van der Waals surface area contributed by atoms with Gasteiger partial charge in [-0.2, -0.15) is 0 Å². The van der Waals surface area contributed by atoms with Crippen LogP contribution >= 0.6 is 0 Å². The fourth-order valence-electron chi connectivity index (χ4n) is 6.27. The number of H-pyrrole nitrogens is 1. The summed E-state index contributed by atoms with van der Waals surface area (Å²) < 4.78 is 5.49. The third-order valence-corrected chi connectivity index (χ3v) is 8.34. The minimum absolute atomic E-state index is 0.0336. The number of aliphatic hydroxyl groups excluding tert-OH is 1. The van der Waals surface area contributed by atoms with Gasteiger partial charge in [-0.05, 0) is 61.4 Å². The third-order valence-electron chi connectivity index (χ3n) is 8.34. The molecule has 1 aromatic carbocycles. The maximum absolute atomic E-state index is 12.9. The maximum Gasteiger partial charge on any atom is 0.222 e. The van der Waals surface area contributed by atoms with E-state index in [-0.39, 0.29) is 18.1 Å². The summed E-state index contributed by atoms with van der Waals surface area (Å²) in [6, 6.07) is 12.1. The standard InChI is InChI=1S/C28H34N4O3/c1-35-21-7-8-22-23(15-21)30-27-24(17-33)32(16-20-4-2-3-11-29-20)18-28(26(22)27)9-12-31(13-10-28)25(34)14-19-5-6-19/h2-4,7-8,11,15,19,24,30,33H,5-6,9-10,12-14,16-18H2,1H3/t24-/m0/s1. The quantitative estimate of drug-likeness (QED) is 0.568. The van der Waals surface area contributed by atoms with E-state index >= 15 is 0 Å². The molecule has 1 atom stereocenters. The van der Waals surface area contributed by atoms with E-state index in [1.165, 1.54) is 23.8 Å². The molecule has 7 heteroatoms.